The lowest BCUT2D eigenvalue weighted by Gasteiger charge is -2.09. The summed E-state index contributed by atoms with van der Waals surface area (Å²) < 4.78 is 1.95. The number of aromatic nitrogens is 2. The van der Waals surface area contributed by atoms with Gasteiger partial charge in [-0.05, 0) is 43.2 Å². The fourth-order valence-corrected chi connectivity index (χ4v) is 3.09. The Morgan fingerprint density at radius 2 is 1.59 bits per heavy atom. The number of carbonyl (C=O) groups excluding carboxylic acids is 2. The lowest BCUT2D eigenvalue weighted by atomic mass is 10.1. The van der Waals surface area contributed by atoms with Crippen molar-refractivity contribution < 1.29 is 9.59 Å². The largest absolute Gasteiger partial charge is 0.354 e. The fraction of sp³-hybridized carbons (Fsp3) is 0.261. The first-order valence-corrected chi connectivity index (χ1v) is 9.70. The minimum atomic E-state index is -0.153. The second kappa shape index (κ2) is 9.68. The zero-order valence-corrected chi connectivity index (χ0v) is 16.8. The molecule has 0 bridgehead atoms. The molecule has 0 spiro atoms. The highest BCUT2D eigenvalue weighted by atomic mass is 16.2. The molecule has 0 saturated heterocycles. The van der Waals surface area contributed by atoms with E-state index in [9.17, 15) is 9.59 Å². The Hall–Kier alpha value is -3.41. The van der Waals surface area contributed by atoms with E-state index in [1.807, 2.05) is 79.2 Å². The predicted molar refractivity (Wildman–Crippen MR) is 113 cm³/mol. The number of benzene rings is 2. The molecule has 3 aromatic rings. The van der Waals surface area contributed by atoms with Gasteiger partial charge >= 0.3 is 0 Å². The van der Waals surface area contributed by atoms with Crippen molar-refractivity contribution in [2.24, 2.45) is 0 Å². The Kier molecular flexibility index (Phi) is 6.79. The number of carbonyl (C=O) groups is 2. The standard InChI is InChI=1S/C23H26N4O2/c1-17-14-18(2)27(26-17)16-20-8-10-21(11-9-20)23(29)25-13-12-24-22(28)15-19-6-4-3-5-7-19/h3-11,14H,12-13,15-16H2,1-2H3,(H,24,28)(H,25,29). The van der Waals surface area contributed by atoms with Crippen molar-refractivity contribution >= 4 is 11.8 Å². The van der Waals surface area contributed by atoms with Gasteiger partial charge in [0.1, 0.15) is 0 Å². The lowest BCUT2D eigenvalue weighted by Crippen LogP contribution is -2.35. The first kappa shape index (κ1) is 20.3. The van der Waals surface area contributed by atoms with Crippen LogP contribution < -0.4 is 10.6 Å². The highest BCUT2D eigenvalue weighted by molar-refractivity contribution is 5.94. The summed E-state index contributed by atoms with van der Waals surface area (Å²) in [7, 11) is 0. The molecule has 6 heteroatoms. The van der Waals surface area contributed by atoms with Crippen molar-refractivity contribution in [2.45, 2.75) is 26.8 Å². The average Bonchev–Trinajstić information content (AvgIpc) is 3.03. The maximum atomic E-state index is 12.3. The topological polar surface area (TPSA) is 76.0 Å². The molecule has 3 rings (SSSR count). The Morgan fingerprint density at radius 1 is 0.897 bits per heavy atom. The number of nitrogens with one attached hydrogen (secondary N) is 2. The summed E-state index contributed by atoms with van der Waals surface area (Å²) >= 11 is 0. The summed E-state index contributed by atoms with van der Waals surface area (Å²) in [5, 5.41) is 10.1. The van der Waals surface area contributed by atoms with E-state index >= 15 is 0 Å². The Balaban J connectivity index is 1.41. The van der Waals surface area contributed by atoms with Gasteiger partial charge in [0, 0.05) is 24.3 Å². The second-order valence-electron chi connectivity index (χ2n) is 7.05. The molecule has 0 saturated carbocycles. The third-order valence-electron chi connectivity index (χ3n) is 4.59. The highest BCUT2D eigenvalue weighted by Gasteiger charge is 2.07. The van der Waals surface area contributed by atoms with Crippen LogP contribution in [0, 0.1) is 13.8 Å². The van der Waals surface area contributed by atoms with Gasteiger partial charge in [-0.25, -0.2) is 0 Å². The third-order valence-corrected chi connectivity index (χ3v) is 4.59. The number of nitrogens with zero attached hydrogens (tertiary/aromatic N) is 2. The predicted octanol–water partition coefficient (Wildman–Crippen LogP) is 2.64. The van der Waals surface area contributed by atoms with Crippen LogP contribution in [0.5, 0.6) is 0 Å². The Morgan fingerprint density at radius 3 is 2.24 bits per heavy atom. The Labute approximate surface area is 170 Å². The number of aryl methyl sites for hydroxylation is 2. The molecule has 150 valence electrons. The molecule has 2 amide bonds. The van der Waals surface area contributed by atoms with Crippen LogP contribution in [0.4, 0.5) is 0 Å². The van der Waals surface area contributed by atoms with Crippen molar-refractivity contribution in [2.75, 3.05) is 13.1 Å². The van der Waals surface area contributed by atoms with Crippen LogP contribution in [0.3, 0.4) is 0 Å². The zero-order valence-electron chi connectivity index (χ0n) is 16.8. The van der Waals surface area contributed by atoms with Crippen molar-refractivity contribution in [1.82, 2.24) is 20.4 Å². The van der Waals surface area contributed by atoms with E-state index in [4.69, 9.17) is 0 Å². The molecule has 0 radical (unpaired) electrons. The SMILES string of the molecule is Cc1cc(C)n(Cc2ccc(C(=O)NCCNC(=O)Cc3ccccc3)cc2)n1. The molecule has 0 aliphatic rings. The van der Waals surface area contributed by atoms with Crippen LogP contribution in [0.25, 0.3) is 0 Å². The van der Waals surface area contributed by atoms with Gasteiger partial charge in [0.15, 0.2) is 0 Å². The zero-order chi connectivity index (χ0) is 20.6. The van der Waals surface area contributed by atoms with E-state index in [1.54, 1.807) is 0 Å². The van der Waals surface area contributed by atoms with Gasteiger partial charge in [-0.3, -0.25) is 14.3 Å². The van der Waals surface area contributed by atoms with E-state index in [0.29, 0.717) is 31.6 Å². The fourth-order valence-electron chi connectivity index (χ4n) is 3.09. The van der Waals surface area contributed by atoms with Gasteiger partial charge in [-0.1, -0.05) is 42.5 Å². The normalized spacial score (nSPS) is 10.6. The van der Waals surface area contributed by atoms with Crippen LogP contribution in [-0.2, 0) is 17.8 Å². The maximum Gasteiger partial charge on any atom is 0.251 e. The number of hydrogen-bond donors (Lipinski definition) is 2. The van der Waals surface area contributed by atoms with Gasteiger partial charge < -0.3 is 10.6 Å². The summed E-state index contributed by atoms with van der Waals surface area (Å²) in [6.45, 7) is 5.46. The number of hydrogen-bond acceptors (Lipinski definition) is 3. The van der Waals surface area contributed by atoms with Gasteiger partial charge in [0.05, 0.1) is 18.7 Å². The summed E-state index contributed by atoms with van der Waals surface area (Å²) in [5.41, 5.74) is 4.75. The monoisotopic (exact) mass is 390 g/mol. The first-order chi connectivity index (χ1) is 14.0. The third kappa shape index (κ3) is 6.04. The van der Waals surface area contributed by atoms with E-state index in [1.165, 1.54) is 0 Å². The van der Waals surface area contributed by atoms with Crippen LogP contribution in [0.15, 0.2) is 60.7 Å². The van der Waals surface area contributed by atoms with E-state index < -0.39 is 0 Å². The quantitative estimate of drug-likeness (QED) is 0.581. The maximum absolute atomic E-state index is 12.3. The molecule has 1 aromatic heterocycles. The smallest absolute Gasteiger partial charge is 0.251 e. The second-order valence-corrected chi connectivity index (χ2v) is 7.05. The van der Waals surface area contributed by atoms with Crippen LogP contribution in [-0.4, -0.2) is 34.7 Å². The minimum Gasteiger partial charge on any atom is -0.354 e. The van der Waals surface area contributed by atoms with Gasteiger partial charge in [0.2, 0.25) is 5.91 Å². The van der Waals surface area contributed by atoms with Crippen molar-refractivity contribution in [3.8, 4) is 0 Å². The summed E-state index contributed by atoms with van der Waals surface area (Å²) in [4.78, 5) is 24.2. The molecule has 0 fully saturated rings. The molecule has 29 heavy (non-hydrogen) atoms. The van der Waals surface area contributed by atoms with E-state index in [2.05, 4.69) is 15.7 Å². The molecule has 6 nitrogen and oxygen atoms in total. The number of rotatable bonds is 8. The molecular formula is C23H26N4O2. The van der Waals surface area contributed by atoms with E-state index in [-0.39, 0.29) is 11.8 Å². The van der Waals surface area contributed by atoms with Crippen molar-refractivity contribution in [1.29, 1.82) is 0 Å². The van der Waals surface area contributed by atoms with Crippen LogP contribution in [0.1, 0.15) is 32.9 Å². The molecule has 0 unspecified atom stereocenters. The molecule has 0 aliphatic heterocycles. The average molecular weight is 390 g/mol. The molecule has 1 heterocycles. The van der Waals surface area contributed by atoms with Crippen LogP contribution in [0.2, 0.25) is 0 Å². The molecule has 0 atom stereocenters. The highest BCUT2D eigenvalue weighted by Crippen LogP contribution is 2.09. The van der Waals surface area contributed by atoms with E-state index in [0.717, 1.165) is 22.5 Å². The summed E-state index contributed by atoms with van der Waals surface area (Å²) in [6.07, 6.45) is 0.339. The Bertz CT molecular complexity index is 962. The van der Waals surface area contributed by atoms with Crippen molar-refractivity contribution in [3.05, 3.63) is 88.7 Å². The molecule has 2 aromatic carbocycles. The van der Waals surface area contributed by atoms with Gasteiger partial charge in [-0.15, -0.1) is 0 Å². The van der Waals surface area contributed by atoms with Crippen molar-refractivity contribution in [3.63, 3.8) is 0 Å². The number of amides is 2. The van der Waals surface area contributed by atoms with Gasteiger partial charge in [-0.2, -0.15) is 5.10 Å². The molecular weight excluding hydrogens is 364 g/mol. The van der Waals surface area contributed by atoms with Gasteiger partial charge in [0.25, 0.3) is 5.91 Å². The summed E-state index contributed by atoms with van der Waals surface area (Å²) in [5.74, 6) is -0.209. The first-order valence-electron chi connectivity index (χ1n) is 9.70. The van der Waals surface area contributed by atoms with Crippen LogP contribution >= 0.6 is 0 Å². The minimum absolute atomic E-state index is 0.0565. The summed E-state index contributed by atoms with van der Waals surface area (Å²) in [6, 6.07) is 19.1. The molecule has 0 aliphatic carbocycles. The lowest BCUT2D eigenvalue weighted by molar-refractivity contribution is -0.120. The molecule has 2 N–H and O–H groups in total.